The third-order valence-electron chi connectivity index (χ3n) is 7.35. The molecule has 0 amide bonds. The second-order valence-corrected chi connectivity index (χ2v) is 22.9. The van der Waals surface area contributed by atoms with Crippen LogP contribution in [-0.4, -0.2) is 47.5 Å². The first kappa shape index (κ1) is 26.8. The van der Waals surface area contributed by atoms with Crippen LogP contribution in [0.25, 0.3) is 0 Å². The molecule has 1 aromatic rings. The van der Waals surface area contributed by atoms with Gasteiger partial charge in [0.1, 0.15) is 0 Å². The van der Waals surface area contributed by atoms with E-state index in [1.165, 1.54) is 69.0 Å². The maximum atomic E-state index is 10.2. The standard InChI is InChI=1S/C16H22NO.3C4H9.Sn/c1-3-10-17(11-4-2)14-8-9-15-13(12-14)6-5-7-16(15)18;3*1-3-4-2;/h1,3,5-7,14,18H,4,8-12H2,2H3;3*1,3-4H2,2H3;/t14-;;;;/m0..../s1. The molecule has 176 valence electrons. The van der Waals surface area contributed by atoms with Crippen molar-refractivity contribution in [3.63, 3.8) is 0 Å². The molecular formula is C28H49NOSn. The summed E-state index contributed by atoms with van der Waals surface area (Å²) >= 11 is -2.18. The van der Waals surface area contributed by atoms with Crippen LogP contribution < -0.4 is 0 Å². The second kappa shape index (κ2) is 14.6. The number of unbranched alkanes of at least 4 members (excludes halogenated alkanes) is 3. The van der Waals surface area contributed by atoms with Crippen molar-refractivity contribution in [1.29, 1.82) is 0 Å². The van der Waals surface area contributed by atoms with Crippen LogP contribution in [0, 0.1) is 0 Å². The summed E-state index contributed by atoms with van der Waals surface area (Å²) in [4.78, 5) is 2.74. The molecular weight excluding hydrogens is 485 g/mol. The van der Waals surface area contributed by atoms with Gasteiger partial charge in [0.2, 0.25) is 0 Å². The van der Waals surface area contributed by atoms with Crippen molar-refractivity contribution in [3.8, 4) is 5.75 Å². The van der Waals surface area contributed by atoms with Crippen molar-refractivity contribution >= 4 is 18.4 Å². The van der Waals surface area contributed by atoms with Gasteiger partial charge in [0.05, 0.1) is 0 Å². The Morgan fingerprint density at radius 3 is 2.19 bits per heavy atom. The molecule has 0 heterocycles. The van der Waals surface area contributed by atoms with E-state index in [4.69, 9.17) is 0 Å². The third kappa shape index (κ3) is 8.42. The molecule has 0 saturated heterocycles. The van der Waals surface area contributed by atoms with Crippen molar-refractivity contribution < 1.29 is 5.11 Å². The first-order chi connectivity index (χ1) is 15.1. The fourth-order valence-corrected chi connectivity index (χ4v) is 19.8. The van der Waals surface area contributed by atoms with Crippen LogP contribution in [0.15, 0.2) is 28.4 Å². The molecule has 1 aromatic carbocycles. The Kier molecular flexibility index (Phi) is 12.6. The Labute approximate surface area is 197 Å². The van der Waals surface area contributed by atoms with Gasteiger partial charge in [-0.15, -0.1) is 0 Å². The average Bonchev–Trinajstić information content (AvgIpc) is 2.79. The summed E-state index contributed by atoms with van der Waals surface area (Å²) < 4.78 is 7.53. The normalized spacial score (nSPS) is 16.9. The number of aromatic hydroxyl groups is 1. The number of benzene rings is 1. The van der Waals surface area contributed by atoms with E-state index in [1.807, 2.05) is 12.1 Å². The quantitative estimate of drug-likeness (QED) is 0.231. The Balaban J connectivity index is 2.10. The Morgan fingerprint density at radius 1 is 0.968 bits per heavy atom. The van der Waals surface area contributed by atoms with E-state index >= 15 is 0 Å². The molecule has 1 N–H and O–H groups in total. The number of phenols is 1. The molecule has 0 bridgehead atoms. The van der Waals surface area contributed by atoms with Gasteiger partial charge in [0.25, 0.3) is 0 Å². The average molecular weight is 534 g/mol. The molecule has 31 heavy (non-hydrogen) atoms. The zero-order valence-electron chi connectivity index (χ0n) is 21.0. The van der Waals surface area contributed by atoms with E-state index in [1.54, 1.807) is 13.3 Å². The summed E-state index contributed by atoms with van der Waals surface area (Å²) in [7, 11) is 0. The van der Waals surface area contributed by atoms with E-state index in [9.17, 15) is 5.11 Å². The zero-order valence-corrected chi connectivity index (χ0v) is 23.8. The van der Waals surface area contributed by atoms with E-state index in [0.717, 1.165) is 19.4 Å². The number of rotatable bonds is 15. The molecule has 3 heteroatoms. The SMILES string of the molecule is CCC[CH2][Sn](/[CH]=C/CN(CCC)[C@H]1CCc2c(O)cccc2C1)([CH2]CCC)[CH2]CCC. The van der Waals surface area contributed by atoms with E-state index in [-0.39, 0.29) is 0 Å². The van der Waals surface area contributed by atoms with Gasteiger partial charge >= 0.3 is 198 Å². The molecule has 0 unspecified atom stereocenters. The molecule has 1 aliphatic rings. The van der Waals surface area contributed by atoms with Crippen molar-refractivity contribution in [2.45, 2.75) is 111 Å². The second-order valence-electron chi connectivity index (χ2n) is 9.88. The van der Waals surface area contributed by atoms with Crippen molar-refractivity contribution in [2.24, 2.45) is 0 Å². The molecule has 1 aliphatic carbocycles. The summed E-state index contributed by atoms with van der Waals surface area (Å²) in [5.74, 6) is 0.500. The molecule has 2 nitrogen and oxygen atoms in total. The molecule has 0 aliphatic heterocycles. The molecule has 2 rings (SSSR count). The van der Waals surface area contributed by atoms with Crippen LogP contribution in [0.3, 0.4) is 0 Å². The van der Waals surface area contributed by atoms with Crippen molar-refractivity contribution in [2.75, 3.05) is 13.1 Å². The van der Waals surface area contributed by atoms with Crippen molar-refractivity contribution in [3.05, 3.63) is 39.5 Å². The van der Waals surface area contributed by atoms with Crippen LogP contribution in [0.2, 0.25) is 13.3 Å². The fraction of sp³-hybridized carbons (Fsp3) is 0.714. The number of phenolic OH excluding ortho intramolecular Hbond substituents is 1. The summed E-state index contributed by atoms with van der Waals surface area (Å²) in [6.07, 6.45) is 15.5. The van der Waals surface area contributed by atoms with E-state index < -0.39 is 18.4 Å². The minimum absolute atomic E-state index is 0.500. The Hall–Kier alpha value is -0.481. The molecule has 0 spiro atoms. The molecule has 0 radical (unpaired) electrons. The Bertz CT molecular complexity index is 635. The summed E-state index contributed by atoms with van der Waals surface area (Å²) in [5.41, 5.74) is 2.56. The minimum atomic E-state index is -2.18. The van der Waals surface area contributed by atoms with Gasteiger partial charge in [0.15, 0.2) is 0 Å². The Morgan fingerprint density at radius 2 is 1.61 bits per heavy atom. The third-order valence-corrected chi connectivity index (χ3v) is 21.6. The van der Waals surface area contributed by atoms with Gasteiger partial charge in [-0.05, 0) is 0 Å². The van der Waals surface area contributed by atoms with Crippen LogP contribution in [0.4, 0.5) is 0 Å². The number of hydrogen-bond donors (Lipinski definition) is 1. The topological polar surface area (TPSA) is 23.5 Å². The monoisotopic (exact) mass is 535 g/mol. The molecule has 0 fully saturated rings. The summed E-state index contributed by atoms with van der Waals surface area (Å²) in [6.45, 7) is 11.7. The van der Waals surface area contributed by atoms with Gasteiger partial charge in [0, 0.05) is 0 Å². The van der Waals surface area contributed by atoms with Crippen LogP contribution in [-0.2, 0) is 12.8 Å². The van der Waals surface area contributed by atoms with Crippen molar-refractivity contribution in [1.82, 2.24) is 4.90 Å². The van der Waals surface area contributed by atoms with Gasteiger partial charge in [-0.2, -0.15) is 0 Å². The fourth-order valence-electron chi connectivity index (χ4n) is 5.44. The maximum absolute atomic E-state index is 10.2. The molecule has 1 atom stereocenters. The molecule has 0 aromatic heterocycles. The van der Waals surface area contributed by atoms with Gasteiger partial charge in [-0.3, -0.25) is 0 Å². The first-order valence-electron chi connectivity index (χ1n) is 13.3. The molecule has 0 saturated carbocycles. The van der Waals surface area contributed by atoms with E-state index in [0.29, 0.717) is 11.8 Å². The number of nitrogens with zero attached hydrogens (tertiary/aromatic N) is 1. The number of hydrogen-bond acceptors (Lipinski definition) is 2. The predicted octanol–water partition coefficient (Wildman–Crippen LogP) is 7.91. The van der Waals surface area contributed by atoms with Gasteiger partial charge in [-0.25, -0.2) is 0 Å². The van der Waals surface area contributed by atoms with Crippen LogP contribution >= 0.6 is 0 Å². The van der Waals surface area contributed by atoms with E-state index in [2.05, 4.69) is 48.8 Å². The van der Waals surface area contributed by atoms with Gasteiger partial charge < -0.3 is 0 Å². The zero-order chi connectivity index (χ0) is 22.5. The summed E-state index contributed by atoms with van der Waals surface area (Å²) in [6, 6.07) is 6.70. The summed E-state index contributed by atoms with van der Waals surface area (Å²) in [5, 5.41) is 10.2. The van der Waals surface area contributed by atoms with Crippen LogP contribution in [0.5, 0.6) is 5.75 Å². The first-order valence-corrected chi connectivity index (χ1v) is 21.0. The predicted molar refractivity (Wildman–Crippen MR) is 140 cm³/mol. The van der Waals surface area contributed by atoms with Crippen LogP contribution in [0.1, 0.15) is 90.2 Å². The number of fused-ring (bicyclic) bond motifs is 1. The van der Waals surface area contributed by atoms with Gasteiger partial charge in [-0.1, -0.05) is 0 Å².